The first-order valence-corrected chi connectivity index (χ1v) is 9.28. The second-order valence-corrected chi connectivity index (χ2v) is 8.59. The van der Waals surface area contributed by atoms with Crippen molar-refractivity contribution in [2.24, 2.45) is 5.92 Å². The van der Waals surface area contributed by atoms with E-state index < -0.39 is 10.0 Å². The van der Waals surface area contributed by atoms with Crippen molar-refractivity contribution in [2.75, 3.05) is 13.1 Å². The number of nitrogens with zero attached hydrogens (tertiary/aromatic N) is 1. The molecule has 0 spiro atoms. The summed E-state index contributed by atoms with van der Waals surface area (Å²) in [6, 6.07) is 3.42. The smallest absolute Gasteiger partial charge is 0.207 e. The van der Waals surface area contributed by atoms with Gasteiger partial charge in [-0.1, -0.05) is 21.9 Å². The fourth-order valence-electron chi connectivity index (χ4n) is 1.90. The van der Waals surface area contributed by atoms with Crippen LogP contribution in [-0.2, 0) is 10.0 Å². The summed E-state index contributed by atoms with van der Waals surface area (Å²) in [6.07, 6.45) is 7.47. The lowest BCUT2D eigenvalue weighted by atomic mass is 10.2. The first-order chi connectivity index (χ1) is 9.36. The highest BCUT2D eigenvalue weighted by Crippen LogP contribution is 2.34. The van der Waals surface area contributed by atoms with Gasteiger partial charge in [0, 0.05) is 15.5 Å². The van der Waals surface area contributed by atoms with Gasteiger partial charge in [-0.3, -0.25) is 0 Å². The van der Waals surface area contributed by atoms with E-state index in [0.717, 1.165) is 22.9 Å². The second-order valence-electron chi connectivity index (χ2n) is 4.98. The van der Waals surface area contributed by atoms with Gasteiger partial charge < -0.3 is 0 Å². The maximum Gasteiger partial charge on any atom is 0.245 e. The van der Waals surface area contributed by atoms with Gasteiger partial charge in [-0.25, -0.2) is 8.42 Å². The lowest BCUT2D eigenvalue weighted by Crippen LogP contribution is -2.33. The van der Waals surface area contributed by atoms with Gasteiger partial charge in [0.05, 0.1) is 11.4 Å². The monoisotopic (exact) mass is 419 g/mol. The molecule has 1 saturated carbocycles. The van der Waals surface area contributed by atoms with Crippen molar-refractivity contribution in [3.8, 4) is 12.3 Å². The van der Waals surface area contributed by atoms with E-state index in [2.05, 4.69) is 37.8 Å². The standard InChI is InChI=1S/C14H15Br2NO2S/c1-3-6-17(9-11-4-5-11)20(18,19)14-8-12(15)10(2)7-13(14)16/h1,7-8,11H,4-6,9H2,2H3. The molecule has 0 saturated heterocycles. The molecule has 0 aliphatic heterocycles. The van der Waals surface area contributed by atoms with E-state index >= 15 is 0 Å². The van der Waals surface area contributed by atoms with Crippen LogP contribution in [0.5, 0.6) is 0 Å². The summed E-state index contributed by atoms with van der Waals surface area (Å²) in [5, 5.41) is 0. The van der Waals surface area contributed by atoms with Crippen molar-refractivity contribution in [2.45, 2.75) is 24.7 Å². The third kappa shape index (κ3) is 3.45. The van der Waals surface area contributed by atoms with E-state index in [-0.39, 0.29) is 11.4 Å². The second kappa shape index (κ2) is 6.18. The molecule has 0 aromatic heterocycles. The van der Waals surface area contributed by atoms with Crippen molar-refractivity contribution in [3.63, 3.8) is 0 Å². The topological polar surface area (TPSA) is 37.4 Å². The van der Waals surface area contributed by atoms with Gasteiger partial charge in [-0.2, -0.15) is 4.31 Å². The maximum atomic E-state index is 12.7. The molecule has 6 heteroatoms. The average molecular weight is 421 g/mol. The van der Waals surface area contributed by atoms with Crippen LogP contribution >= 0.6 is 31.9 Å². The van der Waals surface area contributed by atoms with Crippen molar-refractivity contribution in [1.82, 2.24) is 4.31 Å². The zero-order valence-electron chi connectivity index (χ0n) is 11.1. The normalized spacial score (nSPS) is 15.3. The molecule has 0 bridgehead atoms. The van der Waals surface area contributed by atoms with Crippen LogP contribution < -0.4 is 0 Å². The molecule has 20 heavy (non-hydrogen) atoms. The Morgan fingerprint density at radius 1 is 1.35 bits per heavy atom. The summed E-state index contributed by atoms with van der Waals surface area (Å²) in [6.45, 7) is 2.52. The Morgan fingerprint density at radius 2 is 2.00 bits per heavy atom. The fraction of sp³-hybridized carbons (Fsp3) is 0.429. The first-order valence-electron chi connectivity index (χ1n) is 6.25. The van der Waals surface area contributed by atoms with Crippen LogP contribution in [-0.4, -0.2) is 25.8 Å². The summed E-state index contributed by atoms with van der Waals surface area (Å²) < 4.78 is 28.2. The van der Waals surface area contributed by atoms with Gasteiger partial charge in [0.25, 0.3) is 0 Å². The molecule has 0 atom stereocenters. The number of terminal acetylenes is 1. The molecule has 1 aliphatic carbocycles. The summed E-state index contributed by atoms with van der Waals surface area (Å²) in [5.41, 5.74) is 0.974. The molecule has 108 valence electrons. The zero-order valence-corrected chi connectivity index (χ0v) is 15.1. The fourth-order valence-corrected chi connectivity index (χ4v) is 4.97. The molecule has 1 fully saturated rings. The predicted octanol–water partition coefficient (Wildman–Crippen LogP) is 3.55. The molecule has 0 radical (unpaired) electrons. The molecular formula is C14H15Br2NO2S. The van der Waals surface area contributed by atoms with Gasteiger partial charge in [0.15, 0.2) is 0 Å². The van der Waals surface area contributed by atoms with Crippen LogP contribution in [0.25, 0.3) is 0 Å². The molecular weight excluding hydrogens is 406 g/mol. The lowest BCUT2D eigenvalue weighted by Gasteiger charge is -2.21. The first kappa shape index (κ1) is 16.0. The van der Waals surface area contributed by atoms with Crippen molar-refractivity contribution in [1.29, 1.82) is 0 Å². The van der Waals surface area contributed by atoms with Crippen LogP contribution in [0, 0.1) is 25.2 Å². The number of hydrogen-bond donors (Lipinski definition) is 0. The van der Waals surface area contributed by atoms with Crippen LogP contribution in [0.2, 0.25) is 0 Å². The third-order valence-electron chi connectivity index (χ3n) is 3.26. The van der Waals surface area contributed by atoms with Crippen LogP contribution in [0.15, 0.2) is 26.0 Å². The zero-order chi connectivity index (χ0) is 14.9. The quantitative estimate of drug-likeness (QED) is 0.683. The minimum absolute atomic E-state index is 0.108. The lowest BCUT2D eigenvalue weighted by molar-refractivity contribution is 0.430. The number of hydrogen-bond acceptors (Lipinski definition) is 2. The summed E-state index contributed by atoms with van der Waals surface area (Å²) in [7, 11) is -3.57. The van der Waals surface area contributed by atoms with E-state index in [4.69, 9.17) is 6.42 Å². The number of halogens is 2. The molecule has 1 aromatic rings. The van der Waals surface area contributed by atoms with Crippen molar-refractivity contribution in [3.05, 3.63) is 26.6 Å². The van der Waals surface area contributed by atoms with E-state index in [1.54, 1.807) is 12.1 Å². The molecule has 1 aliphatic rings. The summed E-state index contributed by atoms with van der Waals surface area (Å²) in [5.74, 6) is 2.89. The predicted molar refractivity (Wildman–Crippen MR) is 86.9 cm³/mol. The number of benzene rings is 1. The molecule has 0 heterocycles. The van der Waals surface area contributed by atoms with Gasteiger partial charge in [0.2, 0.25) is 10.0 Å². The highest BCUT2D eigenvalue weighted by Gasteiger charge is 2.32. The maximum absolute atomic E-state index is 12.7. The minimum atomic E-state index is -3.57. The average Bonchev–Trinajstić information content (AvgIpc) is 3.17. The molecule has 0 unspecified atom stereocenters. The molecule has 1 aromatic carbocycles. The van der Waals surface area contributed by atoms with Crippen molar-refractivity contribution < 1.29 is 8.42 Å². The molecule has 0 amide bonds. The highest BCUT2D eigenvalue weighted by molar-refractivity contribution is 9.11. The number of rotatable bonds is 5. The van der Waals surface area contributed by atoms with Crippen LogP contribution in [0.4, 0.5) is 0 Å². The Labute approximate surface area is 137 Å². The van der Waals surface area contributed by atoms with E-state index in [1.807, 2.05) is 6.92 Å². The molecule has 2 rings (SSSR count). The van der Waals surface area contributed by atoms with Gasteiger partial charge in [-0.05, 0) is 59.3 Å². The number of sulfonamides is 1. The molecule has 3 nitrogen and oxygen atoms in total. The van der Waals surface area contributed by atoms with E-state index in [9.17, 15) is 8.42 Å². The van der Waals surface area contributed by atoms with Crippen LogP contribution in [0.1, 0.15) is 18.4 Å². The highest BCUT2D eigenvalue weighted by atomic mass is 79.9. The van der Waals surface area contributed by atoms with E-state index in [1.165, 1.54) is 4.31 Å². The van der Waals surface area contributed by atoms with Gasteiger partial charge in [-0.15, -0.1) is 6.42 Å². The Hall–Kier alpha value is -0.350. The Morgan fingerprint density at radius 3 is 2.55 bits per heavy atom. The third-order valence-corrected chi connectivity index (χ3v) is 6.88. The van der Waals surface area contributed by atoms with Crippen molar-refractivity contribution >= 4 is 41.9 Å². The number of aryl methyl sites for hydroxylation is 1. The summed E-state index contributed by atoms with van der Waals surface area (Å²) >= 11 is 6.72. The van der Waals surface area contributed by atoms with E-state index in [0.29, 0.717) is 16.9 Å². The van der Waals surface area contributed by atoms with Gasteiger partial charge >= 0.3 is 0 Å². The SMILES string of the molecule is C#CCN(CC1CC1)S(=O)(=O)c1cc(Br)c(C)cc1Br. The minimum Gasteiger partial charge on any atom is -0.207 e. The Balaban J connectivity index is 2.41. The Bertz CT molecular complexity index is 660. The largest absolute Gasteiger partial charge is 0.245 e. The van der Waals surface area contributed by atoms with Crippen LogP contribution in [0.3, 0.4) is 0 Å². The molecule has 0 N–H and O–H groups in total. The summed E-state index contributed by atoms with van der Waals surface area (Å²) in [4.78, 5) is 0.255. The van der Waals surface area contributed by atoms with Gasteiger partial charge in [0.1, 0.15) is 0 Å². The Kier molecular flexibility index (Phi) is 4.96.